The number of aliphatic hydroxyl groups is 2. The minimum atomic E-state index is -2.13. The van der Waals surface area contributed by atoms with E-state index in [0.29, 0.717) is 27.6 Å². The molecule has 4 unspecified atom stereocenters. The maximum absolute atomic E-state index is 14.2. The number of halogens is 9. The van der Waals surface area contributed by atoms with Crippen LogP contribution in [-0.4, -0.2) is 177 Å². The van der Waals surface area contributed by atoms with Crippen molar-refractivity contribution in [3.8, 4) is 0 Å². The number of aliphatic hydroxyl groups excluding tert-OH is 2. The van der Waals surface area contributed by atoms with Gasteiger partial charge in [-0.3, -0.25) is 37.5 Å². The zero-order valence-corrected chi connectivity index (χ0v) is 109. The number of epoxide rings is 1. The molecule has 46 heteroatoms. The number of rotatable bonds is 28. The van der Waals surface area contributed by atoms with Gasteiger partial charge in [-0.25, -0.2) is 56.9 Å². The Hall–Kier alpha value is -5.81. The van der Waals surface area contributed by atoms with Gasteiger partial charge in [0.15, 0.2) is 0 Å². The first-order valence-electron chi connectivity index (χ1n) is 46.8. The van der Waals surface area contributed by atoms with E-state index in [1.807, 2.05) is 148 Å². The second-order valence-corrected chi connectivity index (χ2v) is 67.1. The van der Waals surface area contributed by atoms with Gasteiger partial charge >= 0.3 is 94.3 Å². The van der Waals surface area contributed by atoms with E-state index in [9.17, 15) is 76.8 Å². The molecular formula is C104H134Cl3FeI6N6O26S4. The van der Waals surface area contributed by atoms with E-state index in [0.717, 1.165) is 93.6 Å². The van der Waals surface area contributed by atoms with Crippen molar-refractivity contribution in [3.63, 3.8) is 0 Å². The summed E-state index contributed by atoms with van der Waals surface area (Å²) in [7, 11) is 14.7. The standard InChI is InChI=1S/C29H37IN2O7S.C25H29IN2O7S.C18H24N2O6S.C11H15IO2.C8H7IO.C7H5IO.C3H9IOS.C3H8O.3ClH.Fe/c1-10-37-25(34)22-17(4)21-23(33)32(29(8,9)26(35)39-28(5,6)7)27(36)31(24(21)40-22)15-20(38-16(2)3)18-11-13-19(30)14-12-18;1-7-34-22(30)19-14(4)18-20(29)28(25(5,6)23(31)32)24(33)27(21(18)36-19)12-17(35-13(2)3)15-8-10-16(26)11-9-15;1-8-25-14(22)11-9(2)10-12(27-11)19-16(24)20(13(10)21)18(6,7)15(23)26-17(3,4)5;1-8(2)14-11(7-13)9-3-5-10(12)6-4-9;9-7-3-1-6(2-4-7)8-5-10-8;8-7-3-1-6(5-9)2-4-7;1-6(2,3,4)5;1-3(2)4;;;;/h11-14,16,20H,10,15H2,1-9H3;8-11,13,17H,7,12H2,1-6H3,(H,31,32);8H2,1-7H3,(H,19,24);3-6,8,11,13H,7H2,1-2H3;1-4,8H,5H2;1-5H;1-3H3;3-4H,1-2H3;3*1H;/q;;;;;;;;;;;+3/p-3. The zero-order valence-electron chi connectivity index (χ0n) is 89.0. The van der Waals surface area contributed by atoms with Crippen molar-refractivity contribution in [2.24, 2.45) is 0 Å². The molecule has 4 N–H and O–H groups in total. The van der Waals surface area contributed by atoms with Crippen LogP contribution in [0.15, 0.2) is 150 Å². The Balaban J connectivity index is 0.000000387. The number of carbonyl (C=O) groups is 7. The molecule has 4 atom stereocenters. The number of carboxylic acids is 1. The normalized spacial score (nSPS) is 13.3. The molecule has 0 amide bonds. The van der Waals surface area contributed by atoms with Crippen LogP contribution in [0.4, 0.5) is 0 Å². The number of esters is 5. The topological polar surface area (TPSA) is 426 Å². The van der Waals surface area contributed by atoms with Gasteiger partial charge in [0.1, 0.15) is 87.6 Å². The van der Waals surface area contributed by atoms with Crippen molar-refractivity contribution in [1.29, 1.82) is 0 Å². The molecular weight excluding hydrogens is 2800 g/mol. The van der Waals surface area contributed by atoms with Gasteiger partial charge in [0, 0.05) is 50.7 Å². The zero-order chi connectivity index (χ0) is 115. The van der Waals surface area contributed by atoms with Crippen LogP contribution in [0.1, 0.15) is 262 Å². The molecule has 1 aliphatic rings. The number of hydrogen-bond donors (Lipinski definition) is 4. The second kappa shape index (κ2) is 60.3. The van der Waals surface area contributed by atoms with Crippen molar-refractivity contribution < 1.29 is 107 Å². The Kier molecular flexibility index (Phi) is 54.8. The SMILES string of the molecule is CC(C)O.CC(C)OC(CO)c1ccc(I)cc1.CCOC(=O)c1sc2[nH]c(=O)n(C(C)(C)C(=O)OC(C)(C)C)c(=O)c2c1C.CCOC(=O)c1sc2c(c1C)c(=O)n(C(C)(C)C(=O)O)c(=O)n2CC(OC(C)C)c1ccc(I)cc1.CCOC(=O)c1sc2c(c1C)c(=O)n(C(C)(C)C(=O)OC(C)(C)C)c(=O)n2CC(OC(C)C)c1ccc(I)cc1.CS(C)(C)(=O)I.Ic1ccc(C2CO2)cc1.O=Cc1ccc(I)cc1.[Cl][Fe]([Cl])[Cl]. The minimum absolute atomic E-state index is 0.00625. The summed E-state index contributed by atoms with van der Waals surface area (Å²) in [6.45, 7) is 45.0. The Bertz CT molecular complexity index is 6880. The summed E-state index contributed by atoms with van der Waals surface area (Å²) >= 11 is 14.8. The maximum atomic E-state index is 14.2. The van der Waals surface area contributed by atoms with Crippen LogP contribution >= 0.6 is 198 Å². The number of ether oxygens (including phenoxy) is 9. The van der Waals surface area contributed by atoms with Crippen molar-refractivity contribution in [3.05, 3.63) is 261 Å². The number of carboxylic acid groups (broad SMARTS) is 1. The van der Waals surface area contributed by atoms with Crippen LogP contribution in [0.5, 0.6) is 0 Å². The molecule has 0 radical (unpaired) electrons. The number of aryl methyl sites for hydroxylation is 3. The van der Waals surface area contributed by atoms with Gasteiger partial charge in [0.05, 0.1) is 80.6 Å². The number of carbonyl (C=O) groups excluding carboxylic acids is 6. The third-order valence-electron chi connectivity index (χ3n) is 20.3. The van der Waals surface area contributed by atoms with Crippen molar-refractivity contribution in [2.45, 2.75) is 270 Å². The third-order valence-corrected chi connectivity index (χ3v) is 27.6. The Labute approximate surface area is 983 Å². The first-order chi connectivity index (χ1) is 69.1. The molecule has 5 aromatic carbocycles. The summed E-state index contributed by atoms with van der Waals surface area (Å²) in [6, 6.07) is 39.3. The number of aromatic amines is 1. The fourth-order valence-corrected chi connectivity index (χ4v) is 18.7. The molecule has 12 rings (SSSR count). The second-order valence-electron chi connectivity index (χ2n) is 38.9. The van der Waals surface area contributed by atoms with Gasteiger partial charge in [-0.2, -0.15) is 0 Å². The van der Waals surface area contributed by atoms with Crippen molar-refractivity contribution in [2.75, 3.05) is 51.8 Å². The van der Waals surface area contributed by atoms with Gasteiger partial charge in [0.2, 0.25) is 0 Å². The average Bonchev–Trinajstić information content (AvgIpc) is 1.36. The number of fused-ring (bicyclic) bond motifs is 3. The van der Waals surface area contributed by atoms with Gasteiger partial charge in [-0.15, -0.1) is 34.0 Å². The number of aldehydes is 1. The summed E-state index contributed by atoms with van der Waals surface area (Å²) in [4.78, 5) is 171. The van der Waals surface area contributed by atoms with E-state index in [4.69, 9.17) is 78.0 Å². The van der Waals surface area contributed by atoms with Crippen LogP contribution in [0.25, 0.3) is 30.6 Å². The van der Waals surface area contributed by atoms with Crippen LogP contribution in [-0.2, 0) is 104 Å². The molecule has 6 aromatic heterocycles. The van der Waals surface area contributed by atoms with E-state index in [-0.39, 0.29) is 110 Å². The molecule has 150 heavy (non-hydrogen) atoms. The van der Waals surface area contributed by atoms with Crippen LogP contribution in [0, 0.1) is 38.6 Å². The van der Waals surface area contributed by atoms with E-state index in [1.54, 1.807) is 128 Å². The molecule has 831 valence electrons. The number of benzene rings is 5. The molecule has 0 aliphatic carbocycles. The molecule has 0 saturated carbocycles. The predicted molar refractivity (Wildman–Crippen MR) is 645 cm³/mol. The summed E-state index contributed by atoms with van der Waals surface area (Å²) in [5.74, 6) is -4.51. The number of nitrogens with one attached hydrogen (secondary N) is 1. The molecule has 0 bridgehead atoms. The molecule has 7 heterocycles. The molecule has 11 aromatic rings. The molecule has 1 saturated heterocycles. The molecule has 1 aliphatic heterocycles. The Morgan fingerprint density at radius 3 is 1.05 bits per heavy atom. The van der Waals surface area contributed by atoms with Crippen LogP contribution in [0.3, 0.4) is 0 Å². The predicted octanol–water partition coefficient (Wildman–Crippen LogP) is 22.9. The fourth-order valence-electron chi connectivity index (χ4n) is 13.5. The van der Waals surface area contributed by atoms with Gasteiger partial charge < -0.3 is 58.0 Å². The first kappa shape index (κ1) is 136. The first-order valence-corrected chi connectivity index (χ1v) is 64.9. The van der Waals surface area contributed by atoms with Gasteiger partial charge in [-0.1, -0.05) is 66.9 Å². The van der Waals surface area contributed by atoms with Gasteiger partial charge in [0.25, 0.3) is 16.7 Å². The molecule has 1 fully saturated rings. The summed E-state index contributed by atoms with van der Waals surface area (Å²) in [5, 5.41) is 27.5. The quantitative estimate of drug-likeness (QED) is 0.00673. The van der Waals surface area contributed by atoms with Crippen LogP contribution < -0.4 is 33.7 Å². The summed E-state index contributed by atoms with van der Waals surface area (Å²) in [6.07, 6.45) is 2.65. The fraction of sp³-hybridized carbons (Fsp3) is 0.471. The number of nitrogens with zero attached hydrogens (tertiary/aromatic N) is 5. The monoisotopic (exact) mass is 2930 g/mol. The molecule has 32 nitrogen and oxygen atoms in total. The van der Waals surface area contributed by atoms with Crippen molar-refractivity contribution >= 4 is 277 Å². The number of aliphatic carboxylic acids is 1. The number of hydrogen-bond acceptors (Lipinski definition) is 28. The van der Waals surface area contributed by atoms with E-state index >= 15 is 0 Å². The van der Waals surface area contributed by atoms with E-state index in [1.165, 1.54) is 63.4 Å². The number of thiophene rings is 3. The third kappa shape index (κ3) is 42.5. The van der Waals surface area contributed by atoms with E-state index in [2.05, 4.69) is 142 Å². The van der Waals surface area contributed by atoms with Gasteiger partial charge in [-0.05, 0) is 411 Å². The Morgan fingerprint density at radius 1 is 0.487 bits per heavy atom. The summed E-state index contributed by atoms with van der Waals surface area (Å²) in [5.41, 5.74) is -5.10. The van der Waals surface area contributed by atoms with Crippen LogP contribution in [0.2, 0.25) is 0 Å². The summed E-state index contributed by atoms with van der Waals surface area (Å²) < 4.78 is 71.2. The van der Waals surface area contributed by atoms with E-state index < -0.39 is 127 Å². The molecule has 0 spiro atoms. The van der Waals surface area contributed by atoms with Crippen molar-refractivity contribution in [1.82, 2.24) is 27.8 Å². The Morgan fingerprint density at radius 2 is 0.760 bits per heavy atom. The number of aromatic nitrogens is 6. The number of H-pyrrole nitrogens is 1. The average molecular weight is 2940 g/mol.